The fourth-order valence-electron chi connectivity index (χ4n) is 3.04. The zero-order valence-electron chi connectivity index (χ0n) is 12.9. The van der Waals surface area contributed by atoms with Gasteiger partial charge in [-0.25, -0.2) is 0 Å². The molecule has 0 unspecified atom stereocenters. The number of ether oxygens (including phenoxy) is 1. The lowest BCUT2D eigenvalue weighted by Gasteiger charge is -2.36. The molecule has 0 amide bonds. The second-order valence-corrected chi connectivity index (χ2v) is 6.02. The van der Waals surface area contributed by atoms with E-state index in [0.717, 1.165) is 31.9 Å². The summed E-state index contributed by atoms with van der Waals surface area (Å²) in [5.74, 6) is 0.966. The molecule has 1 aromatic carbocycles. The summed E-state index contributed by atoms with van der Waals surface area (Å²) >= 11 is 0. The van der Waals surface area contributed by atoms with Crippen molar-refractivity contribution < 1.29 is 4.74 Å². The molecular formula is C17H28N2O. The third-order valence-corrected chi connectivity index (χ3v) is 4.45. The maximum atomic E-state index is 5.70. The van der Waals surface area contributed by atoms with E-state index in [0.29, 0.717) is 5.54 Å². The monoisotopic (exact) mass is 276 g/mol. The Hall–Kier alpha value is -1.06. The highest BCUT2D eigenvalue weighted by atomic mass is 16.5. The van der Waals surface area contributed by atoms with Crippen LogP contribution in [0.4, 0.5) is 0 Å². The van der Waals surface area contributed by atoms with Crippen molar-refractivity contribution in [3.05, 3.63) is 30.3 Å². The first kappa shape index (κ1) is 15.3. The van der Waals surface area contributed by atoms with E-state index in [9.17, 15) is 0 Å². The number of hydrogen-bond donors (Lipinski definition) is 1. The van der Waals surface area contributed by atoms with Crippen LogP contribution < -0.4 is 10.1 Å². The van der Waals surface area contributed by atoms with Gasteiger partial charge in [-0.1, -0.05) is 31.0 Å². The zero-order valence-corrected chi connectivity index (χ0v) is 12.9. The normalized spacial score (nSPS) is 17.6. The second kappa shape index (κ2) is 7.65. The summed E-state index contributed by atoms with van der Waals surface area (Å²) in [4.78, 5) is 2.41. The summed E-state index contributed by atoms with van der Waals surface area (Å²) in [6, 6.07) is 10.0. The van der Waals surface area contributed by atoms with Gasteiger partial charge in [-0.2, -0.15) is 0 Å². The molecule has 1 fully saturated rings. The maximum absolute atomic E-state index is 5.70. The van der Waals surface area contributed by atoms with Gasteiger partial charge >= 0.3 is 0 Å². The SMILES string of the molecule is CN(C)C1(CNCCCOc2ccccc2)CCCC1. The lowest BCUT2D eigenvalue weighted by molar-refractivity contribution is 0.153. The van der Waals surface area contributed by atoms with Gasteiger partial charge in [0.25, 0.3) is 0 Å². The van der Waals surface area contributed by atoms with Crippen molar-refractivity contribution in [3.63, 3.8) is 0 Å². The molecule has 3 heteroatoms. The standard InChI is InChI=1S/C17H28N2O/c1-19(2)17(11-6-7-12-17)15-18-13-8-14-20-16-9-4-3-5-10-16/h3-5,9-10,18H,6-8,11-15H2,1-2H3. The Morgan fingerprint density at radius 3 is 2.50 bits per heavy atom. The molecule has 1 aliphatic rings. The van der Waals surface area contributed by atoms with E-state index in [4.69, 9.17) is 4.74 Å². The van der Waals surface area contributed by atoms with E-state index in [2.05, 4.69) is 24.3 Å². The van der Waals surface area contributed by atoms with Gasteiger partial charge in [-0.3, -0.25) is 0 Å². The molecule has 0 saturated heterocycles. The molecular weight excluding hydrogens is 248 g/mol. The summed E-state index contributed by atoms with van der Waals surface area (Å²) in [5.41, 5.74) is 0.389. The molecule has 0 radical (unpaired) electrons. The average Bonchev–Trinajstić information content (AvgIpc) is 2.94. The zero-order chi connectivity index (χ0) is 14.3. The molecule has 0 spiro atoms. The van der Waals surface area contributed by atoms with Crippen LogP contribution in [-0.2, 0) is 0 Å². The van der Waals surface area contributed by atoms with Crippen molar-refractivity contribution in [1.82, 2.24) is 10.2 Å². The molecule has 0 atom stereocenters. The van der Waals surface area contributed by atoms with E-state index in [1.54, 1.807) is 0 Å². The van der Waals surface area contributed by atoms with E-state index in [-0.39, 0.29) is 0 Å². The quantitative estimate of drug-likeness (QED) is 0.739. The summed E-state index contributed by atoms with van der Waals surface area (Å²) < 4.78 is 5.70. The molecule has 0 aliphatic heterocycles. The van der Waals surface area contributed by atoms with Gasteiger partial charge in [0.05, 0.1) is 6.61 Å². The smallest absolute Gasteiger partial charge is 0.119 e. The largest absolute Gasteiger partial charge is 0.494 e. The first-order valence-corrected chi connectivity index (χ1v) is 7.79. The number of rotatable bonds is 8. The van der Waals surface area contributed by atoms with Crippen molar-refractivity contribution in [1.29, 1.82) is 0 Å². The summed E-state index contributed by atoms with van der Waals surface area (Å²) in [7, 11) is 4.43. The van der Waals surface area contributed by atoms with Crippen LogP contribution in [0.1, 0.15) is 32.1 Å². The van der Waals surface area contributed by atoms with Gasteiger partial charge in [0.2, 0.25) is 0 Å². The van der Waals surface area contributed by atoms with Crippen molar-refractivity contribution in [2.24, 2.45) is 0 Å². The van der Waals surface area contributed by atoms with Crippen molar-refractivity contribution in [2.75, 3.05) is 33.8 Å². The lowest BCUT2D eigenvalue weighted by Crippen LogP contribution is -2.49. The third-order valence-electron chi connectivity index (χ3n) is 4.45. The van der Waals surface area contributed by atoms with Gasteiger partial charge in [-0.05, 0) is 52.0 Å². The predicted octanol–water partition coefficient (Wildman–Crippen LogP) is 2.92. The van der Waals surface area contributed by atoms with E-state index in [1.165, 1.54) is 25.7 Å². The van der Waals surface area contributed by atoms with E-state index < -0.39 is 0 Å². The summed E-state index contributed by atoms with van der Waals surface area (Å²) in [6.45, 7) is 2.92. The molecule has 0 bridgehead atoms. The number of likely N-dealkylation sites (N-methyl/N-ethyl adjacent to an activating group) is 1. The van der Waals surface area contributed by atoms with Gasteiger partial charge in [0.15, 0.2) is 0 Å². The second-order valence-electron chi connectivity index (χ2n) is 6.02. The number of nitrogens with zero attached hydrogens (tertiary/aromatic N) is 1. The number of para-hydroxylation sites is 1. The van der Waals surface area contributed by atoms with Crippen LogP contribution in [0.5, 0.6) is 5.75 Å². The Kier molecular flexibility index (Phi) is 5.86. The van der Waals surface area contributed by atoms with E-state index in [1.807, 2.05) is 30.3 Å². The highest BCUT2D eigenvalue weighted by Crippen LogP contribution is 2.32. The van der Waals surface area contributed by atoms with Crippen LogP contribution >= 0.6 is 0 Å². The fourth-order valence-corrected chi connectivity index (χ4v) is 3.04. The topological polar surface area (TPSA) is 24.5 Å². The molecule has 1 saturated carbocycles. The van der Waals surface area contributed by atoms with Crippen LogP contribution in [0, 0.1) is 0 Å². The lowest BCUT2D eigenvalue weighted by atomic mass is 9.96. The highest BCUT2D eigenvalue weighted by Gasteiger charge is 2.35. The molecule has 3 nitrogen and oxygen atoms in total. The molecule has 1 aromatic rings. The molecule has 20 heavy (non-hydrogen) atoms. The Balaban J connectivity index is 1.59. The Morgan fingerprint density at radius 2 is 1.85 bits per heavy atom. The average molecular weight is 276 g/mol. The number of hydrogen-bond acceptors (Lipinski definition) is 3. The Bertz CT molecular complexity index is 372. The van der Waals surface area contributed by atoms with Gasteiger partial charge < -0.3 is 15.0 Å². The minimum Gasteiger partial charge on any atom is -0.494 e. The van der Waals surface area contributed by atoms with Crippen LogP contribution in [0.15, 0.2) is 30.3 Å². The summed E-state index contributed by atoms with van der Waals surface area (Å²) in [5, 5.41) is 3.61. The Labute approximate surface area is 123 Å². The van der Waals surface area contributed by atoms with E-state index >= 15 is 0 Å². The fraction of sp³-hybridized carbons (Fsp3) is 0.647. The van der Waals surface area contributed by atoms with Crippen molar-refractivity contribution in [3.8, 4) is 5.75 Å². The van der Waals surface area contributed by atoms with Crippen molar-refractivity contribution >= 4 is 0 Å². The van der Waals surface area contributed by atoms with Crippen molar-refractivity contribution in [2.45, 2.75) is 37.6 Å². The number of benzene rings is 1. The van der Waals surface area contributed by atoms with Gasteiger partial charge in [-0.15, -0.1) is 0 Å². The van der Waals surface area contributed by atoms with Crippen LogP contribution in [0.3, 0.4) is 0 Å². The Morgan fingerprint density at radius 1 is 1.15 bits per heavy atom. The van der Waals surface area contributed by atoms with Gasteiger partial charge in [0, 0.05) is 12.1 Å². The summed E-state index contributed by atoms with van der Waals surface area (Å²) in [6.07, 6.45) is 6.45. The molecule has 0 heterocycles. The molecule has 1 N–H and O–H groups in total. The highest BCUT2D eigenvalue weighted by molar-refractivity contribution is 5.20. The first-order chi connectivity index (χ1) is 9.73. The maximum Gasteiger partial charge on any atom is 0.119 e. The van der Waals surface area contributed by atoms with Crippen LogP contribution in [0.25, 0.3) is 0 Å². The minimum absolute atomic E-state index is 0.389. The minimum atomic E-state index is 0.389. The molecule has 1 aliphatic carbocycles. The van der Waals surface area contributed by atoms with Crippen LogP contribution in [-0.4, -0.2) is 44.2 Å². The third kappa shape index (κ3) is 4.22. The predicted molar refractivity (Wildman–Crippen MR) is 84.3 cm³/mol. The van der Waals surface area contributed by atoms with Crippen LogP contribution in [0.2, 0.25) is 0 Å². The molecule has 0 aromatic heterocycles. The van der Waals surface area contributed by atoms with Gasteiger partial charge in [0.1, 0.15) is 5.75 Å². The molecule has 112 valence electrons. The number of nitrogens with one attached hydrogen (secondary N) is 1. The molecule has 2 rings (SSSR count). The first-order valence-electron chi connectivity index (χ1n) is 7.79.